The standard InChI is InChI=1S/C13H18O4/c1-10-3-4-12(9-11(10)2)13(15)17-8-7-16-6-5-14/h3-4,9,14H,5-8H2,1-2H3. The summed E-state index contributed by atoms with van der Waals surface area (Å²) in [4.78, 5) is 11.6. The maximum absolute atomic E-state index is 11.6. The molecule has 0 aliphatic carbocycles. The average Bonchev–Trinajstić information content (AvgIpc) is 2.32. The molecular formula is C13H18O4. The van der Waals surface area contributed by atoms with Gasteiger partial charge in [0.1, 0.15) is 6.61 Å². The Bertz CT molecular complexity index is 374. The minimum absolute atomic E-state index is 0.0227. The van der Waals surface area contributed by atoms with Crippen molar-refractivity contribution in [2.45, 2.75) is 13.8 Å². The highest BCUT2D eigenvalue weighted by atomic mass is 16.6. The minimum atomic E-state index is -0.347. The van der Waals surface area contributed by atoms with Crippen LogP contribution in [0.25, 0.3) is 0 Å². The monoisotopic (exact) mass is 238 g/mol. The summed E-state index contributed by atoms with van der Waals surface area (Å²) in [5.41, 5.74) is 2.76. The van der Waals surface area contributed by atoms with E-state index in [0.717, 1.165) is 11.1 Å². The molecule has 0 aliphatic rings. The topological polar surface area (TPSA) is 55.8 Å². The van der Waals surface area contributed by atoms with Crippen molar-refractivity contribution in [2.24, 2.45) is 0 Å². The lowest BCUT2D eigenvalue weighted by atomic mass is 10.1. The number of carbonyl (C=O) groups excluding carboxylic acids is 1. The third kappa shape index (κ3) is 4.54. The largest absolute Gasteiger partial charge is 0.460 e. The van der Waals surface area contributed by atoms with Crippen molar-refractivity contribution in [3.63, 3.8) is 0 Å². The zero-order valence-corrected chi connectivity index (χ0v) is 10.2. The summed E-state index contributed by atoms with van der Waals surface area (Å²) in [7, 11) is 0. The number of rotatable bonds is 6. The molecule has 0 spiro atoms. The average molecular weight is 238 g/mol. The van der Waals surface area contributed by atoms with E-state index >= 15 is 0 Å². The van der Waals surface area contributed by atoms with E-state index in [2.05, 4.69) is 0 Å². The lowest BCUT2D eigenvalue weighted by molar-refractivity contribution is 0.0258. The fourth-order valence-corrected chi connectivity index (χ4v) is 1.31. The number of benzene rings is 1. The first-order chi connectivity index (χ1) is 8.15. The minimum Gasteiger partial charge on any atom is -0.460 e. The molecule has 0 heterocycles. The van der Waals surface area contributed by atoms with Gasteiger partial charge in [-0.3, -0.25) is 0 Å². The van der Waals surface area contributed by atoms with Crippen LogP contribution in [-0.4, -0.2) is 37.5 Å². The van der Waals surface area contributed by atoms with Gasteiger partial charge in [0.05, 0.1) is 25.4 Å². The Hall–Kier alpha value is -1.39. The molecule has 0 amide bonds. The fraction of sp³-hybridized carbons (Fsp3) is 0.462. The molecule has 0 fully saturated rings. The van der Waals surface area contributed by atoms with Gasteiger partial charge in [0.25, 0.3) is 0 Å². The van der Waals surface area contributed by atoms with Crippen LogP contribution in [0.2, 0.25) is 0 Å². The van der Waals surface area contributed by atoms with E-state index < -0.39 is 0 Å². The highest BCUT2D eigenvalue weighted by Gasteiger charge is 2.07. The quantitative estimate of drug-likeness (QED) is 0.602. The lowest BCUT2D eigenvalue weighted by Crippen LogP contribution is -2.12. The van der Waals surface area contributed by atoms with E-state index in [1.807, 2.05) is 26.0 Å². The van der Waals surface area contributed by atoms with Crippen molar-refractivity contribution in [1.29, 1.82) is 0 Å². The van der Waals surface area contributed by atoms with Crippen molar-refractivity contribution in [1.82, 2.24) is 0 Å². The number of hydrogen-bond acceptors (Lipinski definition) is 4. The van der Waals surface area contributed by atoms with Gasteiger partial charge in [-0.2, -0.15) is 0 Å². The molecular weight excluding hydrogens is 220 g/mol. The molecule has 1 N–H and O–H groups in total. The maximum atomic E-state index is 11.6. The van der Waals surface area contributed by atoms with Gasteiger partial charge in [0.15, 0.2) is 0 Å². The summed E-state index contributed by atoms with van der Waals surface area (Å²) >= 11 is 0. The molecule has 0 aliphatic heterocycles. The van der Waals surface area contributed by atoms with Crippen molar-refractivity contribution in [3.05, 3.63) is 34.9 Å². The highest BCUT2D eigenvalue weighted by Crippen LogP contribution is 2.10. The van der Waals surface area contributed by atoms with Gasteiger partial charge < -0.3 is 14.6 Å². The first-order valence-electron chi connectivity index (χ1n) is 5.58. The van der Waals surface area contributed by atoms with Gasteiger partial charge in [-0.25, -0.2) is 4.79 Å². The molecule has 0 radical (unpaired) electrons. The van der Waals surface area contributed by atoms with Gasteiger partial charge in [-0.15, -0.1) is 0 Å². The lowest BCUT2D eigenvalue weighted by Gasteiger charge is -2.07. The van der Waals surface area contributed by atoms with Gasteiger partial charge in [-0.1, -0.05) is 6.07 Å². The molecule has 94 valence electrons. The molecule has 0 aromatic heterocycles. The van der Waals surface area contributed by atoms with Crippen molar-refractivity contribution >= 4 is 5.97 Å². The molecule has 0 saturated carbocycles. The van der Waals surface area contributed by atoms with Gasteiger partial charge in [0, 0.05) is 0 Å². The number of aryl methyl sites for hydroxylation is 2. The summed E-state index contributed by atoms with van der Waals surface area (Å²) in [6.45, 7) is 4.69. The molecule has 4 heteroatoms. The van der Waals surface area contributed by atoms with Crippen molar-refractivity contribution in [2.75, 3.05) is 26.4 Å². The third-order valence-electron chi connectivity index (χ3n) is 2.44. The van der Waals surface area contributed by atoms with Crippen molar-refractivity contribution in [3.8, 4) is 0 Å². The van der Waals surface area contributed by atoms with Crippen molar-refractivity contribution < 1.29 is 19.4 Å². The number of esters is 1. The Morgan fingerprint density at radius 1 is 1.18 bits per heavy atom. The Morgan fingerprint density at radius 2 is 1.94 bits per heavy atom. The van der Waals surface area contributed by atoms with E-state index in [0.29, 0.717) is 12.2 Å². The first-order valence-corrected chi connectivity index (χ1v) is 5.58. The first kappa shape index (κ1) is 13.7. The number of ether oxygens (including phenoxy) is 2. The summed E-state index contributed by atoms with van der Waals surface area (Å²) in [6, 6.07) is 5.46. The Kier molecular flexibility index (Phi) is 5.66. The normalized spacial score (nSPS) is 10.3. The molecule has 0 atom stereocenters. The number of hydrogen-bond donors (Lipinski definition) is 1. The summed E-state index contributed by atoms with van der Waals surface area (Å²) in [5, 5.41) is 8.48. The zero-order chi connectivity index (χ0) is 12.7. The van der Waals surface area contributed by atoms with Crippen LogP contribution in [0.15, 0.2) is 18.2 Å². The van der Waals surface area contributed by atoms with E-state index in [-0.39, 0.29) is 25.8 Å². The molecule has 17 heavy (non-hydrogen) atoms. The van der Waals surface area contributed by atoms with Crippen LogP contribution in [-0.2, 0) is 9.47 Å². The molecule has 0 unspecified atom stereocenters. The smallest absolute Gasteiger partial charge is 0.338 e. The zero-order valence-electron chi connectivity index (χ0n) is 10.2. The second kappa shape index (κ2) is 7.04. The van der Waals surface area contributed by atoms with E-state index in [1.54, 1.807) is 6.07 Å². The number of carbonyl (C=O) groups is 1. The SMILES string of the molecule is Cc1ccc(C(=O)OCCOCCO)cc1C. The summed E-state index contributed by atoms with van der Waals surface area (Å²) in [5.74, 6) is -0.347. The Balaban J connectivity index is 2.39. The van der Waals surface area contributed by atoms with Gasteiger partial charge >= 0.3 is 5.97 Å². The predicted molar refractivity (Wildman–Crippen MR) is 64.1 cm³/mol. The second-order valence-electron chi connectivity index (χ2n) is 3.77. The number of aliphatic hydroxyl groups excluding tert-OH is 1. The molecule has 1 rings (SSSR count). The third-order valence-corrected chi connectivity index (χ3v) is 2.44. The highest BCUT2D eigenvalue weighted by molar-refractivity contribution is 5.89. The van der Waals surface area contributed by atoms with Gasteiger partial charge in [0.2, 0.25) is 0 Å². The van der Waals surface area contributed by atoms with Crippen LogP contribution < -0.4 is 0 Å². The molecule has 1 aromatic carbocycles. The summed E-state index contributed by atoms with van der Waals surface area (Å²) in [6.07, 6.45) is 0. The van der Waals surface area contributed by atoms with Crippen LogP contribution in [0.4, 0.5) is 0 Å². The second-order valence-corrected chi connectivity index (χ2v) is 3.77. The summed E-state index contributed by atoms with van der Waals surface area (Å²) < 4.78 is 10.0. The Labute approximate surface area is 101 Å². The van der Waals surface area contributed by atoms with Crippen LogP contribution in [0.5, 0.6) is 0 Å². The van der Waals surface area contributed by atoms with E-state index in [1.165, 1.54) is 0 Å². The van der Waals surface area contributed by atoms with E-state index in [9.17, 15) is 4.79 Å². The van der Waals surface area contributed by atoms with Gasteiger partial charge in [-0.05, 0) is 37.1 Å². The van der Waals surface area contributed by atoms with Crippen LogP contribution in [0, 0.1) is 13.8 Å². The van der Waals surface area contributed by atoms with E-state index in [4.69, 9.17) is 14.6 Å². The molecule has 4 nitrogen and oxygen atoms in total. The molecule has 1 aromatic rings. The molecule has 0 bridgehead atoms. The predicted octanol–water partition coefficient (Wildman–Crippen LogP) is 1.47. The van der Waals surface area contributed by atoms with Crippen LogP contribution in [0.1, 0.15) is 21.5 Å². The maximum Gasteiger partial charge on any atom is 0.338 e. The fourth-order valence-electron chi connectivity index (χ4n) is 1.31. The molecule has 0 saturated heterocycles. The van der Waals surface area contributed by atoms with Crippen LogP contribution in [0.3, 0.4) is 0 Å². The Morgan fingerprint density at radius 3 is 2.59 bits per heavy atom. The van der Waals surface area contributed by atoms with Crippen LogP contribution >= 0.6 is 0 Å². The number of aliphatic hydroxyl groups is 1.